The molecule has 0 aromatic carbocycles. The molecular formula is C11H17NO2. The molecule has 4 bridgehead atoms. The first-order chi connectivity index (χ1) is 6.58. The third-order valence-electron chi connectivity index (χ3n) is 4.63. The second-order valence-corrected chi connectivity index (χ2v) is 5.66. The standard InChI is InChI=1S/C11H17NO2/c12-11-4-6-1-7(5-11)3-8(2-6)9(11)10(13)14/h6-9H,1-5,12H2,(H,13,14). The minimum Gasteiger partial charge on any atom is -0.481 e. The number of aliphatic carboxylic acids is 1. The van der Waals surface area contributed by atoms with Crippen LogP contribution in [0.5, 0.6) is 0 Å². The number of rotatable bonds is 1. The van der Waals surface area contributed by atoms with Crippen LogP contribution in [-0.2, 0) is 4.79 Å². The molecule has 4 fully saturated rings. The van der Waals surface area contributed by atoms with Crippen molar-refractivity contribution in [1.29, 1.82) is 0 Å². The van der Waals surface area contributed by atoms with Crippen molar-refractivity contribution in [2.24, 2.45) is 29.4 Å². The Bertz CT molecular complexity index is 275. The molecule has 0 spiro atoms. The van der Waals surface area contributed by atoms with Crippen molar-refractivity contribution in [3.8, 4) is 0 Å². The summed E-state index contributed by atoms with van der Waals surface area (Å²) in [7, 11) is 0. The van der Waals surface area contributed by atoms with Crippen molar-refractivity contribution in [1.82, 2.24) is 0 Å². The van der Waals surface area contributed by atoms with E-state index in [1.54, 1.807) is 0 Å². The van der Waals surface area contributed by atoms with Crippen molar-refractivity contribution < 1.29 is 9.90 Å². The lowest BCUT2D eigenvalue weighted by Crippen LogP contribution is -2.64. The molecule has 14 heavy (non-hydrogen) atoms. The summed E-state index contributed by atoms with van der Waals surface area (Å²) < 4.78 is 0. The quantitative estimate of drug-likeness (QED) is 0.661. The van der Waals surface area contributed by atoms with Gasteiger partial charge in [-0.3, -0.25) is 4.79 Å². The highest BCUT2D eigenvalue weighted by Gasteiger charge is 2.57. The summed E-state index contributed by atoms with van der Waals surface area (Å²) in [6, 6.07) is 0. The minimum atomic E-state index is -0.656. The second kappa shape index (κ2) is 2.51. The molecular weight excluding hydrogens is 178 g/mol. The van der Waals surface area contributed by atoms with Gasteiger partial charge in [-0.25, -0.2) is 0 Å². The lowest BCUT2D eigenvalue weighted by atomic mass is 9.49. The fraction of sp³-hybridized carbons (Fsp3) is 0.909. The predicted octanol–water partition coefficient (Wildman–Crippen LogP) is 1.22. The molecule has 3 atom stereocenters. The number of carboxylic acids is 1. The third-order valence-corrected chi connectivity index (χ3v) is 4.63. The molecule has 0 aliphatic heterocycles. The molecule has 0 aromatic rings. The maximum atomic E-state index is 11.2. The van der Waals surface area contributed by atoms with Crippen LogP contribution in [0.2, 0.25) is 0 Å². The van der Waals surface area contributed by atoms with E-state index in [1.165, 1.54) is 6.42 Å². The Morgan fingerprint density at radius 2 is 1.79 bits per heavy atom. The Morgan fingerprint density at radius 1 is 1.21 bits per heavy atom. The Hall–Kier alpha value is -0.570. The highest BCUT2D eigenvalue weighted by Crippen LogP contribution is 2.57. The zero-order valence-electron chi connectivity index (χ0n) is 8.28. The van der Waals surface area contributed by atoms with Crippen LogP contribution in [0.1, 0.15) is 32.1 Å². The summed E-state index contributed by atoms with van der Waals surface area (Å²) in [5, 5.41) is 9.23. The van der Waals surface area contributed by atoms with Crippen molar-refractivity contribution >= 4 is 5.97 Å². The largest absolute Gasteiger partial charge is 0.481 e. The van der Waals surface area contributed by atoms with Crippen LogP contribution < -0.4 is 5.73 Å². The van der Waals surface area contributed by atoms with E-state index < -0.39 is 5.97 Å². The van der Waals surface area contributed by atoms with Gasteiger partial charge in [0.05, 0.1) is 5.92 Å². The van der Waals surface area contributed by atoms with E-state index in [0.717, 1.165) is 37.5 Å². The average Bonchev–Trinajstić information content (AvgIpc) is 1.97. The molecule has 4 rings (SSSR count). The van der Waals surface area contributed by atoms with E-state index in [-0.39, 0.29) is 11.5 Å². The van der Waals surface area contributed by atoms with Gasteiger partial charge in [0.2, 0.25) is 0 Å². The maximum Gasteiger partial charge on any atom is 0.308 e. The number of hydrogen-bond donors (Lipinski definition) is 2. The van der Waals surface area contributed by atoms with Gasteiger partial charge in [0.1, 0.15) is 0 Å². The number of carboxylic acid groups (broad SMARTS) is 1. The van der Waals surface area contributed by atoms with Crippen LogP contribution in [0.25, 0.3) is 0 Å². The van der Waals surface area contributed by atoms with E-state index in [4.69, 9.17) is 5.73 Å². The molecule has 3 heteroatoms. The third kappa shape index (κ3) is 0.991. The van der Waals surface area contributed by atoms with Crippen LogP contribution in [0.4, 0.5) is 0 Å². The molecule has 0 heterocycles. The van der Waals surface area contributed by atoms with Crippen LogP contribution >= 0.6 is 0 Å². The SMILES string of the molecule is NC12CC3CC(CC(C3)C1C(=O)O)C2. The van der Waals surface area contributed by atoms with Gasteiger partial charge in [-0.05, 0) is 49.9 Å². The summed E-state index contributed by atoms with van der Waals surface area (Å²) in [5.74, 6) is 0.927. The first-order valence-corrected chi connectivity index (χ1v) is 5.60. The normalized spacial score (nSPS) is 54.9. The van der Waals surface area contributed by atoms with Crippen molar-refractivity contribution in [3.05, 3.63) is 0 Å². The zero-order chi connectivity index (χ0) is 9.92. The molecule has 0 saturated heterocycles. The molecule has 78 valence electrons. The van der Waals surface area contributed by atoms with Gasteiger partial charge >= 0.3 is 5.97 Å². The van der Waals surface area contributed by atoms with Gasteiger partial charge in [-0.2, -0.15) is 0 Å². The Kier molecular flexibility index (Phi) is 1.56. The predicted molar refractivity (Wildman–Crippen MR) is 51.6 cm³/mol. The number of nitrogens with two attached hydrogens (primary N) is 1. The molecule has 4 saturated carbocycles. The average molecular weight is 195 g/mol. The second-order valence-electron chi connectivity index (χ2n) is 5.66. The summed E-state index contributed by atoms with van der Waals surface area (Å²) in [6.45, 7) is 0. The molecule has 3 nitrogen and oxygen atoms in total. The Balaban J connectivity index is 1.97. The Morgan fingerprint density at radius 3 is 2.21 bits per heavy atom. The molecule has 4 aliphatic rings. The van der Waals surface area contributed by atoms with Gasteiger partial charge in [-0.15, -0.1) is 0 Å². The van der Waals surface area contributed by atoms with Gasteiger partial charge in [0.15, 0.2) is 0 Å². The minimum absolute atomic E-state index is 0.254. The number of hydrogen-bond acceptors (Lipinski definition) is 2. The van der Waals surface area contributed by atoms with E-state index in [9.17, 15) is 9.90 Å². The van der Waals surface area contributed by atoms with Crippen molar-refractivity contribution in [3.63, 3.8) is 0 Å². The molecule has 0 amide bonds. The van der Waals surface area contributed by atoms with Gasteiger partial charge in [-0.1, -0.05) is 0 Å². The molecule has 4 aliphatic carbocycles. The van der Waals surface area contributed by atoms with Crippen LogP contribution in [0, 0.1) is 23.7 Å². The fourth-order valence-corrected chi connectivity index (χ4v) is 4.55. The lowest BCUT2D eigenvalue weighted by molar-refractivity contribution is -0.157. The first-order valence-electron chi connectivity index (χ1n) is 5.60. The van der Waals surface area contributed by atoms with Gasteiger partial charge in [0, 0.05) is 5.54 Å². The van der Waals surface area contributed by atoms with E-state index in [2.05, 4.69) is 0 Å². The zero-order valence-corrected chi connectivity index (χ0v) is 8.28. The summed E-state index contributed by atoms with van der Waals surface area (Å²) in [5.41, 5.74) is 5.92. The van der Waals surface area contributed by atoms with Crippen LogP contribution in [-0.4, -0.2) is 16.6 Å². The molecule has 0 radical (unpaired) electrons. The number of carbonyl (C=O) groups is 1. The highest BCUT2D eigenvalue weighted by molar-refractivity contribution is 5.73. The van der Waals surface area contributed by atoms with Crippen molar-refractivity contribution in [2.45, 2.75) is 37.6 Å². The topological polar surface area (TPSA) is 63.3 Å². The molecule has 3 N–H and O–H groups in total. The smallest absolute Gasteiger partial charge is 0.308 e. The van der Waals surface area contributed by atoms with E-state index in [1.807, 2.05) is 0 Å². The lowest BCUT2D eigenvalue weighted by Gasteiger charge is -2.58. The molecule has 0 aromatic heterocycles. The monoisotopic (exact) mass is 195 g/mol. The van der Waals surface area contributed by atoms with Gasteiger partial charge in [0.25, 0.3) is 0 Å². The summed E-state index contributed by atoms with van der Waals surface area (Å²) in [6.07, 6.45) is 5.45. The molecule has 3 unspecified atom stereocenters. The maximum absolute atomic E-state index is 11.2. The van der Waals surface area contributed by atoms with E-state index >= 15 is 0 Å². The Labute approximate surface area is 83.7 Å². The van der Waals surface area contributed by atoms with Gasteiger partial charge < -0.3 is 10.8 Å². The van der Waals surface area contributed by atoms with Crippen LogP contribution in [0.15, 0.2) is 0 Å². The first kappa shape index (κ1) is 8.72. The van der Waals surface area contributed by atoms with E-state index in [0.29, 0.717) is 5.92 Å². The summed E-state index contributed by atoms with van der Waals surface area (Å²) >= 11 is 0. The highest BCUT2D eigenvalue weighted by atomic mass is 16.4. The summed E-state index contributed by atoms with van der Waals surface area (Å²) in [4.78, 5) is 11.2. The fourth-order valence-electron chi connectivity index (χ4n) is 4.55. The van der Waals surface area contributed by atoms with Crippen molar-refractivity contribution in [2.75, 3.05) is 0 Å². The van der Waals surface area contributed by atoms with Crippen LogP contribution in [0.3, 0.4) is 0 Å².